The standard InChI is InChI=1S/C25H34N4O4/c1-24(2,3)33-23(31)26-17-22(30)32-25(28-19-11-5-4-6-12-19)15-9-14-21(25)29-20-13-8-7-10-18(20)16-27-29/h4-8,11-13,18,21,27-28H,9-10,14-17H2,1-3H3,(H,26,31). The lowest BCUT2D eigenvalue weighted by Gasteiger charge is -2.42. The minimum atomic E-state index is -0.933. The third-order valence-corrected chi connectivity index (χ3v) is 6.11. The van der Waals surface area contributed by atoms with Crippen LogP contribution in [0.5, 0.6) is 0 Å². The largest absolute Gasteiger partial charge is 0.444 e. The summed E-state index contributed by atoms with van der Waals surface area (Å²) in [6.07, 6.45) is 9.21. The first kappa shape index (κ1) is 23.2. The van der Waals surface area contributed by atoms with Crippen molar-refractivity contribution in [1.29, 1.82) is 0 Å². The molecule has 2 fully saturated rings. The second-order valence-corrected chi connectivity index (χ2v) is 9.80. The van der Waals surface area contributed by atoms with Crippen LogP contribution in [0.4, 0.5) is 10.5 Å². The van der Waals surface area contributed by atoms with Gasteiger partial charge in [-0.25, -0.2) is 10.2 Å². The van der Waals surface area contributed by atoms with Crippen molar-refractivity contribution in [1.82, 2.24) is 15.8 Å². The van der Waals surface area contributed by atoms with Gasteiger partial charge in [0.05, 0.1) is 0 Å². The number of carbonyl (C=O) groups excluding carboxylic acids is 2. The predicted octanol–water partition coefficient (Wildman–Crippen LogP) is 3.70. The van der Waals surface area contributed by atoms with Gasteiger partial charge in [0.25, 0.3) is 0 Å². The fourth-order valence-electron chi connectivity index (χ4n) is 4.77. The van der Waals surface area contributed by atoms with E-state index in [1.54, 1.807) is 20.8 Å². The molecule has 3 N–H and O–H groups in total. The van der Waals surface area contributed by atoms with Gasteiger partial charge >= 0.3 is 12.1 Å². The summed E-state index contributed by atoms with van der Waals surface area (Å²) in [6.45, 7) is 5.93. The van der Waals surface area contributed by atoms with E-state index >= 15 is 0 Å². The van der Waals surface area contributed by atoms with Gasteiger partial charge in [-0.1, -0.05) is 30.4 Å². The molecule has 178 valence electrons. The van der Waals surface area contributed by atoms with E-state index in [-0.39, 0.29) is 12.6 Å². The molecule has 3 unspecified atom stereocenters. The van der Waals surface area contributed by atoms with E-state index in [1.807, 2.05) is 30.3 Å². The van der Waals surface area contributed by atoms with Crippen LogP contribution in [0.2, 0.25) is 0 Å². The van der Waals surface area contributed by atoms with Crippen LogP contribution >= 0.6 is 0 Å². The molecule has 2 aliphatic carbocycles. The number of nitrogens with zero attached hydrogens (tertiary/aromatic N) is 1. The molecule has 4 rings (SSSR count). The second-order valence-electron chi connectivity index (χ2n) is 9.80. The van der Waals surface area contributed by atoms with E-state index in [9.17, 15) is 9.59 Å². The molecule has 1 aromatic rings. The number of carbonyl (C=O) groups is 2. The average molecular weight is 455 g/mol. The first-order valence-corrected chi connectivity index (χ1v) is 11.7. The molecule has 0 radical (unpaired) electrons. The smallest absolute Gasteiger partial charge is 0.408 e. The molecule has 3 atom stereocenters. The molecule has 3 aliphatic rings. The molecule has 8 nitrogen and oxygen atoms in total. The van der Waals surface area contributed by atoms with E-state index in [0.29, 0.717) is 12.3 Å². The zero-order valence-corrected chi connectivity index (χ0v) is 19.6. The molecule has 1 aliphatic heterocycles. The van der Waals surface area contributed by atoms with Crippen LogP contribution in [0.1, 0.15) is 46.5 Å². The number of amides is 1. The molecule has 1 amide bonds. The van der Waals surface area contributed by atoms with Gasteiger partial charge < -0.3 is 25.1 Å². The monoisotopic (exact) mass is 454 g/mol. The summed E-state index contributed by atoms with van der Waals surface area (Å²) in [7, 11) is 0. The maximum Gasteiger partial charge on any atom is 0.408 e. The minimum absolute atomic E-state index is 0.0917. The molecule has 1 saturated carbocycles. The maximum atomic E-state index is 12.9. The van der Waals surface area contributed by atoms with Gasteiger partial charge in [-0.2, -0.15) is 0 Å². The van der Waals surface area contributed by atoms with Gasteiger partial charge in [-0.15, -0.1) is 0 Å². The third kappa shape index (κ3) is 5.50. The molecule has 1 heterocycles. The topological polar surface area (TPSA) is 91.9 Å². The quantitative estimate of drug-likeness (QED) is 0.446. The van der Waals surface area contributed by atoms with Gasteiger partial charge in [-0.05, 0) is 58.2 Å². The fourth-order valence-corrected chi connectivity index (χ4v) is 4.77. The van der Waals surface area contributed by atoms with Crippen molar-refractivity contribution >= 4 is 17.7 Å². The lowest BCUT2D eigenvalue weighted by Crippen LogP contribution is -2.58. The number of hydrogen-bond acceptors (Lipinski definition) is 7. The molecule has 0 spiro atoms. The highest BCUT2D eigenvalue weighted by Crippen LogP contribution is 2.42. The van der Waals surface area contributed by atoms with Crippen LogP contribution in [0, 0.1) is 5.92 Å². The number of allylic oxidation sites excluding steroid dienone is 3. The first-order chi connectivity index (χ1) is 15.8. The number of hydrazine groups is 1. The van der Waals surface area contributed by atoms with E-state index in [2.05, 4.69) is 39.3 Å². The average Bonchev–Trinajstić information content (AvgIpc) is 3.35. The lowest BCUT2D eigenvalue weighted by atomic mass is 9.96. The maximum absolute atomic E-state index is 12.9. The zero-order valence-electron chi connectivity index (χ0n) is 19.6. The SMILES string of the molecule is CC(C)(C)OC(=O)NCC(=O)OC1(Nc2ccccc2)CCCC1N1NCC2CC=CC=C21. The summed E-state index contributed by atoms with van der Waals surface area (Å²) in [5, 5.41) is 8.22. The number of fused-ring (bicyclic) bond motifs is 1. The van der Waals surface area contributed by atoms with E-state index < -0.39 is 23.4 Å². The zero-order chi connectivity index (χ0) is 23.5. The van der Waals surface area contributed by atoms with Crippen molar-refractivity contribution in [3.63, 3.8) is 0 Å². The number of ether oxygens (including phenoxy) is 2. The van der Waals surface area contributed by atoms with Crippen molar-refractivity contribution in [2.45, 2.75) is 63.8 Å². The Balaban J connectivity index is 1.52. The number of alkyl carbamates (subject to hydrolysis) is 1. The Labute approximate surface area is 195 Å². The number of anilines is 1. The number of esters is 1. The van der Waals surface area contributed by atoms with Crippen molar-refractivity contribution in [2.24, 2.45) is 5.92 Å². The molecule has 1 saturated heterocycles. The van der Waals surface area contributed by atoms with Gasteiger partial charge in [0.1, 0.15) is 18.2 Å². The Kier molecular flexibility index (Phi) is 6.65. The Morgan fingerprint density at radius 1 is 1.24 bits per heavy atom. The van der Waals surface area contributed by atoms with E-state index in [1.165, 1.54) is 5.70 Å². The molecule has 1 aromatic carbocycles. The van der Waals surface area contributed by atoms with E-state index in [4.69, 9.17) is 9.47 Å². The third-order valence-electron chi connectivity index (χ3n) is 6.11. The molecule has 0 aromatic heterocycles. The molecule has 0 bridgehead atoms. The summed E-state index contributed by atoms with van der Waals surface area (Å²) >= 11 is 0. The summed E-state index contributed by atoms with van der Waals surface area (Å²) in [5.74, 6) is -0.0842. The van der Waals surface area contributed by atoms with Crippen LogP contribution in [-0.4, -0.2) is 47.5 Å². The summed E-state index contributed by atoms with van der Waals surface area (Å²) in [6, 6.07) is 9.69. The Hall–Kier alpha value is -3.00. The Morgan fingerprint density at radius 2 is 2.03 bits per heavy atom. The van der Waals surface area contributed by atoms with Crippen LogP contribution in [0.15, 0.2) is 54.3 Å². The molecule has 8 heteroatoms. The van der Waals surface area contributed by atoms with Crippen LogP contribution < -0.4 is 16.1 Å². The van der Waals surface area contributed by atoms with Crippen molar-refractivity contribution in [3.8, 4) is 0 Å². The fraction of sp³-hybridized carbons (Fsp3) is 0.520. The van der Waals surface area contributed by atoms with Gasteiger partial charge in [0.15, 0.2) is 0 Å². The van der Waals surface area contributed by atoms with Crippen LogP contribution in [0.25, 0.3) is 0 Å². The Bertz CT molecular complexity index is 924. The molecular formula is C25H34N4O4. The molecule has 33 heavy (non-hydrogen) atoms. The number of hydrogen-bond donors (Lipinski definition) is 3. The Morgan fingerprint density at radius 3 is 2.79 bits per heavy atom. The lowest BCUT2D eigenvalue weighted by molar-refractivity contribution is -0.160. The summed E-state index contributed by atoms with van der Waals surface area (Å²) in [5.41, 5.74) is 4.07. The van der Waals surface area contributed by atoms with Crippen molar-refractivity contribution < 1.29 is 19.1 Å². The second kappa shape index (κ2) is 9.47. The molecular weight excluding hydrogens is 420 g/mol. The highest BCUT2D eigenvalue weighted by Gasteiger charge is 2.52. The number of nitrogens with one attached hydrogen (secondary N) is 3. The normalized spacial score (nSPS) is 26.4. The van der Waals surface area contributed by atoms with Gasteiger partial charge in [0, 0.05) is 30.3 Å². The van der Waals surface area contributed by atoms with Crippen LogP contribution in [-0.2, 0) is 14.3 Å². The number of para-hydroxylation sites is 1. The first-order valence-electron chi connectivity index (χ1n) is 11.7. The predicted molar refractivity (Wildman–Crippen MR) is 126 cm³/mol. The van der Waals surface area contributed by atoms with Crippen LogP contribution in [0.3, 0.4) is 0 Å². The summed E-state index contributed by atoms with van der Waals surface area (Å²) in [4.78, 5) is 24.9. The highest BCUT2D eigenvalue weighted by atomic mass is 16.6. The number of rotatable bonds is 6. The minimum Gasteiger partial charge on any atom is -0.444 e. The number of benzene rings is 1. The van der Waals surface area contributed by atoms with E-state index in [0.717, 1.165) is 31.5 Å². The summed E-state index contributed by atoms with van der Waals surface area (Å²) < 4.78 is 11.4. The highest BCUT2D eigenvalue weighted by molar-refractivity contribution is 5.78. The van der Waals surface area contributed by atoms with Gasteiger partial charge in [-0.3, -0.25) is 4.79 Å². The van der Waals surface area contributed by atoms with Crippen molar-refractivity contribution in [2.75, 3.05) is 18.4 Å². The van der Waals surface area contributed by atoms with Gasteiger partial charge in [0.2, 0.25) is 5.72 Å². The van der Waals surface area contributed by atoms with Crippen molar-refractivity contribution in [3.05, 3.63) is 54.3 Å².